The van der Waals surface area contributed by atoms with Crippen LogP contribution in [-0.4, -0.2) is 88.9 Å². The number of carbonyl (C=O) groups is 2. The van der Waals surface area contributed by atoms with Crippen molar-refractivity contribution in [3.8, 4) is 6.07 Å². The molecule has 0 radical (unpaired) electrons. The molecule has 1 saturated heterocycles. The normalized spacial score (nSPS) is 15.7. The van der Waals surface area contributed by atoms with Crippen molar-refractivity contribution in [2.24, 2.45) is 11.8 Å². The number of nitrogens with zero attached hydrogens (tertiary/aromatic N) is 5. The number of thiazole rings is 1. The summed E-state index contributed by atoms with van der Waals surface area (Å²) in [6.45, 7) is 10.5. The van der Waals surface area contributed by atoms with E-state index in [0.717, 1.165) is 16.3 Å². The highest BCUT2D eigenvalue weighted by atomic mass is 32.2. The van der Waals surface area contributed by atoms with Crippen LogP contribution in [0.3, 0.4) is 0 Å². The number of sulfonamides is 1. The standard InChI is InChI=1S/C34H44N6O5S2/c1-23(2)19-39(47(44,45)29-13-11-27(18-35)12-14-29)21-31(41)30(17-26-9-7-6-8-10-26)37-33(42)32(24(3)4)40-16-15-38(34(40)43)20-28-22-46-25(5)36-28/h6-14,22-24,30-32,41H,15-17,19-21H2,1-5H3,(H,37,42)/t30-,31+,32?/m0/s1. The highest BCUT2D eigenvalue weighted by molar-refractivity contribution is 7.89. The molecule has 11 nitrogen and oxygen atoms in total. The summed E-state index contributed by atoms with van der Waals surface area (Å²) < 4.78 is 28.8. The maximum atomic E-state index is 14.0. The van der Waals surface area contributed by atoms with Crippen LogP contribution in [0, 0.1) is 30.1 Å². The number of amides is 3. The van der Waals surface area contributed by atoms with Crippen molar-refractivity contribution < 1.29 is 23.1 Å². The van der Waals surface area contributed by atoms with Crippen LogP contribution in [0.4, 0.5) is 4.79 Å². The predicted molar refractivity (Wildman–Crippen MR) is 181 cm³/mol. The minimum atomic E-state index is -4.04. The average Bonchev–Trinajstić information content (AvgIpc) is 3.61. The van der Waals surface area contributed by atoms with Gasteiger partial charge in [0, 0.05) is 31.6 Å². The highest BCUT2D eigenvalue weighted by Gasteiger charge is 2.40. The fourth-order valence-corrected chi connectivity index (χ4v) is 8.00. The van der Waals surface area contributed by atoms with Gasteiger partial charge >= 0.3 is 6.03 Å². The number of benzene rings is 2. The molecule has 0 bridgehead atoms. The average molecular weight is 681 g/mol. The summed E-state index contributed by atoms with van der Waals surface area (Å²) in [6, 6.07) is 15.1. The van der Waals surface area contributed by atoms with Crippen molar-refractivity contribution in [1.82, 2.24) is 24.4 Å². The topological polar surface area (TPSA) is 147 Å². The lowest BCUT2D eigenvalue weighted by Gasteiger charge is -2.34. The van der Waals surface area contributed by atoms with Crippen LogP contribution in [0.2, 0.25) is 0 Å². The van der Waals surface area contributed by atoms with Crippen molar-refractivity contribution in [1.29, 1.82) is 5.26 Å². The largest absolute Gasteiger partial charge is 0.390 e. The van der Waals surface area contributed by atoms with Crippen LogP contribution >= 0.6 is 11.3 Å². The Labute approximate surface area is 281 Å². The van der Waals surface area contributed by atoms with Crippen LogP contribution in [-0.2, 0) is 27.8 Å². The maximum Gasteiger partial charge on any atom is 0.321 e. The van der Waals surface area contributed by atoms with Crippen LogP contribution in [0.5, 0.6) is 0 Å². The molecule has 2 aromatic carbocycles. The molecule has 252 valence electrons. The van der Waals surface area contributed by atoms with E-state index >= 15 is 0 Å². The van der Waals surface area contributed by atoms with E-state index in [4.69, 9.17) is 5.26 Å². The molecule has 47 heavy (non-hydrogen) atoms. The summed E-state index contributed by atoms with van der Waals surface area (Å²) in [6.07, 6.45) is -1.04. The third-order valence-corrected chi connectivity index (χ3v) is 10.7. The second-order valence-corrected chi connectivity index (χ2v) is 15.7. The van der Waals surface area contributed by atoms with Crippen LogP contribution in [0.15, 0.2) is 64.9 Å². The molecular formula is C34H44N6O5S2. The molecule has 13 heteroatoms. The van der Waals surface area contributed by atoms with Gasteiger partial charge in [-0.2, -0.15) is 9.57 Å². The van der Waals surface area contributed by atoms with E-state index in [9.17, 15) is 23.1 Å². The van der Waals surface area contributed by atoms with Gasteiger partial charge in [0.1, 0.15) is 6.04 Å². The summed E-state index contributed by atoms with van der Waals surface area (Å²) in [4.78, 5) is 35.3. The number of aliphatic hydroxyl groups is 1. The first-order chi connectivity index (χ1) is 22.3. The van der Waals surface area contributed by atoms with Gasteiger partial charge in [-0.1, -0.05) is 58.0 Å². The molecule has 0 saturated carbocycles. The SMILES string of the molecule is Cc1nc(CN2CCN(C(C(=O)N[C@@H](Cc3ccccc3)[C@H](O)CN(CC(C)C)S(=O)(=O)c3ccc(C#N)cc3)C(C)C)C2=O)cs1. The van der Waals surface area contributed by atoms with E-state index in [1.54, 1.807) is 9.80 Å². The number of aliphatic hydroxyl groups excluding tert-OH is 1. The predicted octanol–water partition coefficient (Wildman–Crippen LogP) is 4.02. The van der Waals surface area contributed by atoms with Crippen molar-refractivity contribution in [2.75, 3.05) is 26.2 Å². The minimum absolute atomic E-state index is 0.0118. The fourth-order valence-electron chi connectivity index (χ4n) is 5.77. The molecule has 1 unspecified atom stereocenters. The number of nitriles is 1. The van der Waals surface area contributed by atoms with E-state index in [1.807, 2.05) is 76.4 Å². The van der Waals surface area contributed by atoms with Crippen molar-refractivity contribution in [3.63, 3.8) is 0 Å². The molecular weight excluding hydrogens is 637 g/mol. The van der Waals surface area contributed by atoms with Gasteiger partial charge < -0.3 is 20.2 Å². The number of hydrogen-bond donors (Lipinski definition) is 2. The Morgan fingerprint density at radius 1 is 1.09 bits per heavy atom. The second-order valence-electron chi connectivity index (χ2n) is 12.7. The third-order valence-electron chi connectivity index (χ3n) is 8.05. The van der Waals surface area contributed by atoms with Gasteiger partial charge in [-0.15, -0.1) is 11.3 Å². The molecule has 3 amide bonds. The molecule has 3 atom stereocenters. The number of carbonyl (C=O) groups excluding carboxylic acids is 2. The quantitative estimate of drug-likeness (QED) is 0.247. The number of nitrogens with one attached hydrogen (secondary N) is 1. The molecule has 1 fully saturated rings. The Bertz CT molecular complexity index is 1650. The van der Waals surface area contributed by atoms with E-state index in [2.05, 4.69) is 10.3 Å². The van der Waals surface area contributed by atoms with E-state index in [1.165, 1.54) is 39.9 Å². The third kappa shape index (κ3) is 9.16. The van der Waals surface area contributed by atoms with Gasteiger partial charge in [0.25, 0.3) is 0 Å². The zero-order chi connectivity index (χ0) is 34.3. The molecule has 1 aliphatic rings. The second kappa shape index (κ2) is 15.8. The lowest BCUT2D eigenvalue weighted by molar-refractivity contribution is -0.128. The molecule has 4 rings (SSSR count). The van der Waals surface area contributed by atoms with Gasteiger partial charge in [-0.3, -0.25) is 4.79 Å². The van der Waals surface area contributed by atoms with Crippen LogP contribution < -0.4 is 5.32 Å². The lowest BCUT2D eigenvalue weighted by atomic mass is 9.97. The molecule has 1 aromatic heterocycles. The van der Waals surface area contributed by atoms with Gasteiger partial charge in [0.05, 0.1) is 45.9 Å². The van der Waals surface area contributed by atoms with Gasteiger partial charge in [0.15, 0.2) is 0 Å². The van der Waals surface area contributed by atoms with Gasteiger partial charge in [0.2, 0.25) is 15.9 Å². The van der Waals surface area contributed by atoms with Crippen molar-refractivity contribution in [2.45, 2.75) is 70.7 Å². The molecule has 1 aliphatic heterocycles. The zero-order valence-corrected chi connectivity index (χ0v) is 29.2. The summed E-state index contributed by atoms with van der Waals surface area (Å²) in [5.41, 5.74) is 1.99. The Morgan fingerprint density at radius 2 is 1.77 bits per heavy atom. The van der Waals surface area contributed by atoms with E-state index in [0.29, 0.717) is 25.2 Å². The van der Waals surface area contributed by atoms with E-state index in [-0.39, 0.29) is 42.3 Å². The minimum Gasteiger partial charge on any atom is -0.390 e. The van der Waals surface area contributed by atoms with Crippen LogP contribution in [0.1, 0.15) is 49.5 Å². The Balaban J connectivity index is 1.57. The lowest BCUT2D eigenvalue weighted by Crippen LogP contribution is -2.57. The van der Waals surface area contributed by atoms with Crippen LogP contribution in [0.25, 0.3) is 0 Å². The van der Waals surface area contributed by atoms with Crippen molar-refractivity contribution in [3.05, 3.63) is 81.8 Å². The monoisotopic (exact) mass is 680 g/mol. The van der Waals surface area contributed by atoms with Crippen molar-refractivity contribution >= 4 is 33.3 Å². The van der Waals surface area contributed by atoms with Gasteiger partial charge in [-0.25, -0.2) is 18.2 Å². The zero-order valence-electron chi connectivity index (χ0n) is 27.5. The number of aryl methyl sites for hydroxylation is 1. The molecule has 0 spiro atoms. The first-order valence-electron chi connectivity index (χ1n) is 15.8. The molecule has 3 aromatic rings. The smallest absolute Gasteiger partial charge is 0.321 e. The Kier molecular flexibility index (Phi) is 12.1. The number of urea groups is 1. The molecule has 2 N–H and O–H groups in total. The number of hydrogen-bond acceptors (Lipinski definition) is 8. The molecule has 0 aliphatic carbocycles. The van der Waals surface area contributed by atoms with E-state index < -0.39 is 34.1 Å². The Hall–Kier alpha value is -3.83. The summed E-state index contributed by atoms with van der Waals surface area (Å²) in [5.74, 6) is -0.700. The van der Waals surface area contributed by atoms with Gasteiger partial charge in [-0.05, 0) is 55.0 Å². The summed E-state index contributed by atoms with van der Waals surface area (Å²) in [5, 5.41) is 26.7. The summed E-state index contributed by atoms with van der Waals surface area (Å²) >= 11 is 1.52. The number of aromatic nitrogens is 1. The number of rotatable bonds is 15. The first kappa shape index (κ1) is 36.0. The first-order valence-corrected chi connectivity index (χ1v) is 18.1. The molecule has 2 heterocycles. The fraction of sp³-hybridized carbons (Fsp3) is 0.471. The Morgan fingerprint density at radius 3 is 2.34 bits per heavy atom. The maximum absolute atomic E-state index is 14.0. The highest BCUT2D eigenvalue weighted by Crippen LogP contribution is 2.23. The summed E-state index contributed by atoms with van der Waals surface area (Å²) in [7, 11) is -4.04.